The third-order valence-corrected chi connectivity index (χ3v) is 14.7. The Kier molecular flexibility index (Phi) is 7.04. The van der Waals surface area contributed by atoms with Gasteiger partial charge in [-0.2, -0.15) is 0 Å². The molecule has 11 aromatic carbocycles. The molecule has 1 aromatic heterocycles. The quantitative estimate of drug-likeness (QED) is 0.157. The molecule has 1 heteroatoms. The Labute approximate surface area is 352 Å². The number of hydrogen-bond donors (Lipinski definition) is 0. The third-order valence-electron chi connectivity index (χ3n) is 13.6. The molecule has 13 rings (SSSR count). The van der Waals surface area contributed by atoms with Crippen molar-refractivity contribution < 1.29 is 0 Å². The summed E-state index contributed by atoms with van der Waals surface area (Å²) in [6.07, 6.45) is 0. The molecule has 0 fully saturated rings. The second-order valence-electron chi connectivity index (χ2n) is 17.2. The standard InChI is InChI=1S/C59H38S/c1-59(2)53-29-27-39(32-51(53)49-28-26-40-33-52-43-15-9-10-21-54(43)60-55(52)34-50(40)58(49)59)37-22-23-38-31-41(25-24-36(38)30-37)56-45-16-5-7-18-47(45)57(48-19-8-6-17-46(48)56)44-20-11-13-35-12-3-4-14-42(35)44/h3-34H,1-2H3. The van der Waals surface area contributed by atoms with Gasteiger partial charge in [0.15, 0.2) is 0 Å². The maximum atomic E-state index is 2.46. The van der Waals surface area contributed by atoms with Crippen molar-refractivity contribution in [3.63, 3.8) is 0 Å². The van der Waals surface area contributed by atoms with E-state index in [2.05, 4.69) is 208 Å². The summed E-state index contributed by atoms with van der Waals surface area (Å²) >= 11 is 1.91. The molecule has 60 heavy (non-hydrogen) atoms. The molecule has 0 bridgehead atoms. The molecule has 280 valence electrons. The Morgan fingerprint density at radius 3 is 1.67 bits per heavy atom. The first-order chi connectivity index (χ1) is 29.5. The molecule has 12 aromatic rings. The zero-order valence-electron chi connectivity index (χ0n) is 33.4. The van der Waals surface area contributed by atoms with E-state index in [0.717, 1.165) is 0 Å². The Bertz CT molecular complexity index is 3740. The summed E-state index contributed by atoms with van der Waals surface area (Å²) in [4.78, 5) is 0. The average Bonchev–Trinajstić information content (AvgIpc) is 3.77. The number of hydrogen-bond acceptors (Lipinski definition) is 1. The minimum atomic E-state index is -0.103. The average molecular weight is 779 g/mol. The van der Waals surface area contributed by atoms with E-state index in [9.17, 15) is 0 Å². The number of benzene rings is 11. The molecule has 0 saturated carbocycles. The Morgan fingerprint density at radius 2 is 0.900 bits per heavy atom. The monoisotopic (exact) mass is 778 g/mol. The van der Waals surface area contributed by atoms with Crippen LogP contribution in [0.2, 0.25) is 0 Å². The fraction of sp³-hybridized carbons (Fsp3) is 0.0508. The summed E-state index contributed by atoms with van der Waals surface area (Å²) < 4.78 is 2.72. The summed E-state index contributed by atoms with van der Waals surface area (Å²) in [6.45, 7) is 4.81. The van der Waals surface area contributed by atoms with Crippen molar-refractivity contribution in [1.29, 1.82) is 0 Å². The Hall–Kier alpha value is -7.06. The maximum Gasteiger partial charge on any atom is 0.0361 e. The van der Waals surface area contributed by atoms with Crippen LogP contribution in [-0.4, -0.2) is 0 Å². The molecule has 1 heterocycles. The van der Waals surface area contributed by atoms with Gasteiger partial charge in [-0.15, -0.1) is 11.3 Å². The van der Waals surface area contributed by atoms with Gasteiger partial charge >= 0.3 is 0 Å². The first kappa shape index (κ1) is 33.9. The second kappa shape index (κ2) is 12.5. The van der Waals surface area contributed by atoms with Gasteiger partial charge < -0.3 is 0 Å². The van der Waals surface area contributed by atoms with Gasteiger partial charge in [-0.1, -0.05) is 172 Å². The van der Waals surface area contributed by atoms with Crippen molar-refractivity contribution in [2.75, 3.05) is 0 Å². The molecule has 0 radical (unpaired) electrons. The lowest BCUT2D eigenvalue weighted by molar-refractivity contribution is 0.666. The molecule has 0 spiro atoms. The van der Waals surface area contributed by atoms with Crippen molar-refractivity contribution in [2.24, 2.45) is 0 Å². The second-order valence-corrected chi connectivity index (χ2v) is 18.3. The molecule has 0 aliphatic heterocycles. The molecule has 0 unspecified atom stereocenters. The summed E-state index contributed by atoms with van der Waals surface area (Å²) in [5, 5.41) is 15.6. The van der Waals surface area contributed by atoms with Crippen molar-refractivity contribution in [2.45, 2.75) is 19.3 Å². The van der Waals surface area contributed by atoms with Gasteiger partial charge in [-0.25, -0.2) is 0 Å². The van der Waals surface area contributed by atoms with Crippen LogP contribution in [0.1, 0.15) is 25.0 Å². The largest absolute Gasteiger partial charge is 0.135 e. The zero-order chi connectivity index (χ0) is 39.7. The van der Waals surface area contributed by atoms with Crippen molar-refractivity contribution in [1.82, 2.24) is 0 Å². The lowest BCUT2D eigenvalue weighted by Gasteiger charge is -2.23. The van der Waals surface area contributed by atoms with Crippen LogP contribution in [0.25, 0.3) is 119 Å². The van der Waals surface area contributed by atoms with E-state index in [1.54, 1.807) is 0 Å². The van der Waals surface area contributed by atoms with Gasteiger partial charge in [0.25, 0.3) is 0 Å². The maximum absolute atomic E-state index is 2.46. The van der Waals surface area contributed by atoms with Crippen LogP contribution in [0.15, 0.2) is 194 Å². The molecular formula is C59H38S. The molecule has 0 nitrogen and oxygen atoms in total. The third kappa shape index (κ3) is 4.79. The van der Waals surface area contributed by atoms with Gasteiger partial charge in [-0.05, 0) is 146 Å². The van der Waals surface area contributed by atoms with Crippen LogP contribution in [0.4, 0.5) is 0 Å². The minimum Gasteiger partial charge on any atom is -0.135 e. The van der Waals surface area contributed by atoms with Gasteiger partial charge in [0.05, 0.1) is 0 Å². The smallest absolute Gasteiger partial charge is 0.0361 e. The van der Waals surface area contributed by atoms with Crippen molar-refractivity contribution >= 4 is 85.4 Å². The number of fused-ring (bicyclic) bond motifs is 12. The number of thiophene rings is 1. The van der Waals surface area contributed by atoms with Gasteiger partial charge in [0.2, 0.25) is 0 Å². The molecular weight excluding hydrogens is 741 g/mol. The lowest BCUT2D eigenvalue weighted by Crippen LogP contribution is -2.15. The van der Waals surface area contributed by atoms with Gasteiger partial charge in [-0.3, -0.25) is 0 Å². The summed E-state index contributed by atoms with van der Waals surface area (Å²) in [5.41, 5.74) is 13.1. The normalized spacial score (nSPS) is 13.3. The van der Waals surface area contributed by atoms with Crippen LogP contribution < -0.4 is 0 Å². The predicted octanol–water partition coefficient (Wildman–Crippen LogP) is 17.1. The van der Waals surface area contributed by atoms with E-state index in [1.807, 2.05) is 11.3 Å². The summed E-state index contributed by atoms with van der Waals surface area (Å²) in [7, 11) is 0. The van der Waals surface area contributed by atoms with Crippen molar-refractivity contribution in [3.8, 4) is 44.5 Å². The van der Waals surface area contributed by atoms with E-state index < -0.39 is 0 Å². The van der Waals surface area contributed by atoms with Crippen LogP contribution in [0.5, 0.6) is 0 Å². The minimum absolute atomic E-state index is 0.103. The fourth-order valence-corrected chi connectivity index (χ4v) is 11.9. The zero-order valence-corrected chi connectivity index (χ0v) is 34.2. The predicted molar refractivity (Wildman–Crippen MR) is 261 cm³/mol. The van der Waals surface area contributed by atoms with Crippen LogP contribution in [0.3, 0.4) is 0 Å². The van der Waals surface area contributed by atoms with E-state index >= 15 is 0 Å². The molecule has 0 N–H and O–H groups in total. The highest BCUT2D eigenvalue weighted by molar-refractivity contribution is 7.25. The Morgan fingerprint density at radius 1 is 0.317 bits per heavy atom. The Balaban J connectivity index is 0.925. The SMILES string of the molecule is CC1(C)c2ccc(-c3ccc4cc(-c5c6ccccc6c(-c6cccc7ccccc67)c6ccccc56)ccc4c3)cc2-c2ccc3cc4c(cc3c21)sc1ccccc14. The summed E-state index contributed by atoms with van der Waals surface area (Å²) in [5.74, 6) is 0. The molecule has 0 atom stereocenters. The topological polar surface area (TPSA) is 0 Å². The van der Waals surface area contributed by atoms with Crippen LogP contribution >= 0.6 is 11.3 Å². The van der Waals surface area contributed by atoms with E-state index in [1.165, 1.54) is 130 Å². The van der Waals surface area contributed by atoms with Crippen LogP contribution in [0, 0.1) is 0 Å². The van der Waals surface area contributed by atoms with Gasteiger partial charge in [0.1, 0.15) is 0 Å². The highest BCUT2D eigenvalue weighted by atomic mass is 32.1. The fourth-order valence-electron chi connectivity index (χ4n) is 10.8. The van der Waals surface area contributed by atoms with Crippen LogP contribution in [-0.2, 0) is 5.41 Å². The highest BCUT2D eigenvalue weighted by Gasteiger charge is 2.37. The van der Waals surface area contributed by atoms with E-state index in [4.69, 9.17) is 0 Å². The van der Waals surface area contributed by atoms with E-state index in [0.29, 0.717) is 0 Å². The van der Waals surface area contributed by atoms with Crippen molar-refractivity contribution in [3.05, 3.63) is 205 Å². The molecule has 1 aliphatic carbocycles. The molecule has 0 amide bonds. The first-order valence-electron chi connectivity index (χ1n) is 21.0. The summed E-state index contributed by atoms with van der Waals surface area (Å²) in [6, 6.07) is 73.0. The first-order valence-corrected chi connectivity index (χ1v) is 21.8. The number of rotatable bonds is 3. The van der Waals surface area contributed by atoms with E-state index in [-0.39, 0.29) is 5.41 Å². The van der Waals surface area contributed by atoms with Gasteiger partial charge in [0, 0.05) is 25.6 Å². The molecule has 0 saturated heterocycles. The highest BCUT2D eigenvalue weighted by Crippen LogP contribution is 2.53. The molecule has 1 aliphatic rings. The lowest BCUT2D eigenvalue weighted by atomic mass is 9.80.